The van der Waals surface area contributed by atoms with Gasteiger partial charge in [-0.15, -0.1) is 0 Å². The minimum Gasteiger partial charge on any atom is -0.397 e. The van der Waals surface area contributed by atoms with E-state index in [4.69, 9.17) is 5.73 Å². The largest absolute Gasteiger partial charge is 0.397 e. The molecule has 0 aliphatic heterocycles. The Labute approximate surface area is 99.6 Å². The van der Waals surface area contributed by atoms with Crippen LogP contribution in [0.25, 0.3) is 0 Å². The number of nitrogen functional groups attached to an aromatic ring is 1. The number of hydrogen-bond donors (Lipinski definition) is 2. The lowest BCUT2D eigenvalue weighted by Crippen LogP contribution is -2.01. The van der Waals surface area contributed by atoms with E-state index in [1.54, 1.807) is 0 Å². The summed E-state index contributed by atoms with van der Waals surface area (Å²) in [7, 11) is 0. The number of allylic oxidation sites excluding steroid dienone is 1. The SMILES string of the molecule is C/C=C/CNc1cc(C)ccc1N.CCC. The fourth-order valence-electron chi connectivity index (χ4n) is 1.11. The summed E-state index contributed by atoms with van der Waals surface area (Å²) in [6, 6.07) is 5.99. The van der Waals surface area contributed by atoms with E-state index in [0.717, 1.165) is 17.9 Å². The van der Waals surface area contributed by atoms with Crippen LogP contribution < -0.4 is 11.1 Å². The summed E-state index contributed by atoms with van der Waals surface area (Å²) >= 11 is 0. The molecule has 0 bridgehead atoms. The van der Waals surface area contributed by atoms with Crippen LogP contribution in [-0.2, 0) is 0 Å². The Bertz CT molecular complexity index is 317. The molecule has 0 atom stereocenters. The molecule has 0 fully saturated rings. The molecule has 0 radical (unpaired) electrons. The standard InChI is InChI=1S/C11H16N2.C3H8/c1-3-4-7-13-11-8-9(2)5-6-10(11)12;1-3-2/h3-6,8,13H,7,12H2,1-2H3;3H2,1-2H3/b4-3+;. The van der Waals surface area contributed by atoms with Gasteiger partial charge in [0.25, 0.3) is 0 Å². The quantitative estimate of drug-likeness (QED) is 0.597. The maximum absolute atomic E-state index is 5.79. The van der Waals surface area contributed by atoms with E-state index in [0.29, 0.717) is 0 Å². The van der Waals surface area contributed by atoms with Gasteiger partial charge in [-0.05, 0) is 31.5 Å². The van der Waals surface area contributed by atoms with Crippen LogP contribution in [0, 0.1) is 6.92 Å². The highest BCUT2D eigenvalue weighted by atomic mass is 14.9. The van der Waals surface area contributed by atoms with Gasteiger partial charge in [-0.2, -0.15) is 0 Å². The third kappa shape index (κ3) is 6.12. The number of anilines is 2. The van der Waals surface area contributed by atoms with Crippen molar-refractivity contribution in [2.75, 3.05) is 17.6 Å². The van der Waals surface area contributed by atoms with Crippen LogP contribution in [0.1, 0.15) is 32.8 Å². The van der Waals surface area contributed by atoms with Gasteiger partial charge in [0.2, 0.25) is 0 Å². The van der Waals surface area contributed by atoms with Crippen LogP contribution in [-0.4, -0.2) is 6.54 Å². The highest BCUT2D eigenvalue weighted by Crippen LogP contribution is 2.18. The number of aryl methyl sites for hydroxylation is 1. The van der Waals surface area contributed by atoms with Gasteiger partial charge < -0.3 is 11.1 Å². The average Bonchev–Trinajstić information content (AvgIpc) is 2.25. The van der Waals surface area contributed by atoms with Crippen molar-refractivity contribution in [1.29, 1.82) is 0 Å². The lowest BCUT2D eigenvalue weighted by molar-refractivity contribution is 1.09. The fourth-order valence-corrected chi connectivity index (χ4v) is 1.11. The van der Waals surface area contributed by atoms with E-state index in [1.165, 1.54) is 12.0 Å². The molecule has 0 aromatic heterocycles. The van der Waals surface area contributed by atoms with Crippen molar-refractivity contribution < 1.29 is 0 Å². The van der Waals surface area contributed by atoms with Crippen LogP contribution in [0.2, 0.25) is 0 Å². The Morgan fingerprint density at radius 2 is 1.94 bits per heavy atom. The molecule has 0 saturated heterocycles. The van der Waals surface area contributed by atoms with Crippen molar-refractivity contribution in [3.63, 3.8) is 0 Å². The molecule has 0 saturated carbocycles. The molecule has 2 heteroatoms. The topological polar surface area (TPSA) is 38.0 Å². The van der Waals surface area contributed by atoms with Gasteiger partial charge >= 0.3 is 0 Å². The molecule has 90 valence electrons. The molecular formula is C14H24N2. The summed E-state index contributed by atoms with van der Waals surface area (Å²) in [5.41, 5.74) is 8.82. The van der Waals surface area contributed by atoms with E-state index >= 15 is 0 Å². The zero-order chi connectivity index (χ0) is 12.4. The van der Waals surface area contributed by atoms with Crippen molar-refractivity contribution in [3.8, 4) is 0 Å². The summed E-state index contributed by atoms with van der Waals surface area (Å²) in [5, 5.41) is 3.24. The van der Waals surface area contributed by atoms with E-state index in [2.05, 4.69) is 38.2 Å². The van der Waals surface area contributed by atoms with Crippen molar-refractivity contribution in [2.24, 2.45) is 0 Å². The van der Waals surface area contributed by atoms with Gasteiger partial charge in [-0.3, -0.25) is 0 Å². The van der Waals surface area contributed by atoms with Crippen LogP contribution in [0.15, 0.2) is 30.4 Å². The van der Waals surface area contributed by atoms with Crippen molar-refractivity contribution in [1.82, 2.24) is 0 Å². The minimum atomic E-state index is 0.801. The highest BCUT2D eigenvalue weighted by molar-refractivity contribution is 5.67. The molecule has 0 amide bonds. The fraction of sp³-hybridized carbons (Fsp3) is 0.429. The number of hydrogen-bond acceptors (Lipinski definition) is 2. The molecule has 16 heavy (non-hydrogen) atoms. The second-order valence-corrected chi connectivity index (χ2v) is 3.75. The monoisotopic (exact) mass is 220 g/mol. The van der Waals surface area contributed by atoms with Crippen molar-refractivity contribution >= 4 is 11.4 Å². The van der Waals surface area contributed by atoms with Gasteiger partial charge in [-0.1, -0.05) is 38.5 Å². The number of rotatable bonds is 3. The third-order valence-electron chi connectivity index (χ3n) is 1.85. The van der Waals surface area contributed by atoms with E-state index in [-0.39, 0.29) is 0 Å². The number of benzene rings is 1. The summed E-state index contributed by atoms with van der Waals surface area (Å²) in [5.74, 6) is 0. The first-order valence-corrected chi connectivity index (χ1v) is 5.86. The first kappa shape index (κ1) is 14.6. The molecule has 0 unspecified atom stereocenters. The smallest absolute Gasteiger partial charge is 0.0579 e. The van der Waals surface area contributed by atoms with E-state index in [9.17, 15) is 0 Å². The summed E-state index contributed by atoms with van der Waals surface area (Å²) < 4.78 is 0. The normalized spacial score (nSPS) is 9.75. The molecule has 1 aromatic rings. The van der Waals surface area contributed by atoms with Crippen LogP contribution >= 0.6 is 0 Å². The second kappa shape index (κ2) is 8.84. The Balaban J connectivity index is 0.000000673. The molecule has 3 N–H and O–H groups in total. The second-order valence-electron chi connectivity index (χ2n) is 3.75. The summed E-state index contributed by atoms with van der Waals surface area (Å²) in [6.07, 6.45) is 5.32. The van der Waals surface area contributed by atoms with Crippen LogP contribution in [0.5, 0.6) is 0 Å². The molecular weight excluding hydrogens is 196 g/mol. The van der Waals surface area contributed by atoms with Gasteiger partial charge in [0.15, 0.2) is 0 Å². The Hall–Kier alpha value is -1.44. The molecule has 0 spiro atoms. The zero-order valence-electron chi connectivity index (χ0n) is 10.9. The lowest BCUT2D eigenvalue weighted by Gasteiger charge is -2.07. The minimum absolute atomic E-state index is 0.801. The Kier molecular flexibility index (Phi) is 8.04. The average molecular weight is 220 g/mol. The highest BCUT2D eigenvalue weighted by Gasteiger charge is 1.96. The predicted octanol–water partition coefficient (Wildman–Crippen LogP) is 3.98. The molecule has 0 aliphatic carbocycles. The van der Waals surface area contributed by atoms with Crippen molar-refractivity contribution in [3.05, 3.63) is 35.9 Å². The lowest BCUT2D eigenvalue weighted by atomic mass is 10.2. The Morgan fingerprint density at radius 3 is 2.50 bits per heavy atom. The van der Waals surface area contributed by atoms with E-state index in [1.807, 2.05) is 25.1 Å². The maximum atomic E-state index is 5.79. The van der Waals surface area contributed by atoms with Gasteiger partial charge in [0, 0.05) is 6.54 Å². The first-order valence-electron chi connectivity index (χ1n) is 5.86. The molecule has 0 aliphatic rings. The van der Waals surface area contributed by atoms with Gasteiger partial charge in [0.05, 0.1) is 11.4 Å². The van der Waals surface area contributed by atoms with Crippen LogP contribution in [0.3, 0.4) is 0 Å². The molecule has 1 aromatic carbocycles. The first-order chi connectivity index (χ1) is 7.65. The van der Waals surface area contributed by atoms with Crippen LogP contribution in [0.4, 0.5) is 11.4 Å². The molecule has 2 nitrogen and oxygen atoms in total. The van der Waals surface area contributed by atoms with Gasteiger partial charge in [0.1, 0.15) is 0 Å². The van der Waals surface area contributed by atoms with Gasteiger partial charge in [-0.25, -0.2) is 0 Å². The number of nitrogens with two attached hydrogens (primary N) is 1. The zero-order valence-corrected chi connectivity index (χ0v) is 10.9. The summed E-state index contributed by atoms with van der Waals surface area (Å²) in [6.45, 7) is 9.13. The Morgan fingerprint density at radius 1 is 1.31 bits per heavy atom. The third-order valence-corrected chi connectivity index (χ3v) is 1.85. The van der Waals surface area contributed by atoms with E-state index < -0.39 is 0 Å². The predicted molar refractivity (Wildman–Crippen MR) is 74.9 cm³/mol. The molecule has 0 heterocycles. The summed E-state index contributed by atoms with van der Waals surface area (Å²) in [4.78, 5) is 0. The maximum Gasteiger partial charge on any atom is 0.0579 e. The molecule has 1 rings (SSSR count). The number of nitrogens with one attached hydrogen (secondary N) is 1. The van der Waals surface area contributed by atoms with Crippen molar-refractivity contribution in [2.45, 2.75) is 34.1 Å².